The van der Waals surface area contributed by atoms with E-state index in [1.807, 2.05) is 19.9 Å². The summed E-state index contributed by atoms with van der Waals surface area (Å²) in [5, 5.41) is 0. The average molecular weight is 310 g/mol. The molecule has 1 unspecified atom stereocenters. The molecule has 0 amide bonds. The maximum Gasteiger partial charge on any atom is 0.241 e. The summed E-state index contributed by atoms with van der Waals surface area (Å²) in [6, 6.07) is 3.68. The molecule has 2 rings (SSSR count). The van der Waals surface area contributed by atoms with Gasteiger partial charge in [0.1, 0.15) is 0 Å². The van der Waals surface area contributed by atoms with Crippen LogP contribution in [0.25, 0.3) is 0 Å². The van der Waals surface area contributed by atoms with Gasteiger partial charge >= 0.3 is 0 Å². The molecule has 21 heavy (non-hydrogen) atoms. The Kier molecular flexibility index (Phi) is 4.47. The smallest absolute Gasteiger partial charge is 0.241 e. The van der Waals surface area contributed by atoms with Crippen LogP contribution in [-0.4, -0.2) is 14.5 Å². The standard InChI is InChI=1S/C16H26N2O2S/c1-11-7-13(10-17)8-15(12(11)2)21(19,20)18-14-5-6-16(3,4)9-14/h7-8,14,18H,5-6,9-10,17H2,1-4H3. The Morgan fingerprint density at radius 3 is 2.52 bits per heavy atom. The van der Waals surface area contributed by atoms with Gasteiger partial charge in [-0.25, -0.2) is 13.1 Å². The molecule has 0 saturated heterocycles. The molecule has 0 spiro atoms. The summed E-state index contributed by atoms with van der Waals surface area (Å²) >= 11 is 0. The van der Waals surface area contributed by atoms with Crippen molar-refractivity contribution >= 4 is 10.0 Å². The van der Waals surface area contributed by atoms with Crippen LogP contribution < -0.4 is 10.5 Å². The first kappa shape index (κ1) is 16.5. The third-order valence-corrected chi connectivity index (χ3v) is 6.14. The largest absolute Gasteiger partial charge is 0.326 e. The molecule has 0 radical (unpaired) electrons. The predicted octanol–water partition coefficient (Wildman–Crippen LogP) is 2.62. The number of hydrogen-bond donors (Lipinski definition) is 2. The minimum atomic E-state index is -3.49. The number of nitrogens with two attached hydrogens (primary N) is 1. The lowest BCUT2D eigenvalue weighted by molar-refractivity contribution is 0.372. The molecule has 4 nitrogen and oxygen atoms in total. The number of aryl methyl sites for hydroxylation is 1. The molecule has 0 aromatic heterocycles. The summed E-state index contributed by atoms with van der Waals surface area (Å²) in [6.07, 6.45) is 2.85. The second-order valence-corrected chi connectivity index (χ2v) is 8.65. The first-order valence-electron chi connectivity index (χ1n) is 7.47. The molecular weight excluding hydrogens is 284 g/mol. The Morgan fingerprint density at radius 1 is 1.33 bits per heavy atom. The summed E-state index contributed by atoms with van der Waals surface area (Å²) in [5.74, 6) is 0. The van der Waals surface area contributed by atoms with Crippen molar-refractivity contribution in [2.45, 2.75) is 64.4 Å². The van der Waals surface area contributed by atoms with Crippen LogP contribution in [0.3, 0.4) is 0 Å². The van der Waals surface area contributed by atoms with E-state index in [1.54, 1.807) is 6.07 Å². The molecule has 1 aromatic carbocycles. The molecule has 1 aliphatic rings. The van der Waals surface area contributed by atoms with Crippen molar-refractivity contribution in [1.29, 1.82) is 0 Å². The zero-order chi connectivity index (χ0) is 15.8. The van der Waals surface area contributed by atoms with Crippen molar-refractivity contribution in [2.75, 3.05) is 0 Å². The first-order valence-corrected chi connectivity index (χ1v) is 8.95. The fraction of sp³-hybridized carbons (Fsp3) is 0.625. The number of sulfonamides is 1. The van der Waals surface area contributed by atoms with E-state index in [4.69, 9.17) is 5.73 Å². The molecule has 5 heteroatoms. The Morgan fingerprint density at radius 2 is 2.00 bits per heavy atom. The maximum atomic E-state index is 12.7. The minimum absolute atomic E-state index is 0.0336. The normalized spacial score (nSPS) is 21.7. The van der Waals surface area contributed by atoms with Crippen LogP contribution in [0, 0.1) is 19.3 Å². The van der Waals surface area contributed by atoms with Crippen molar-refractivity contribution in [3.05, 3.63) is 28.8 Å². The fourth-order valence-corrected chi connectivity index (χ4v) is 4.75. The van der Waals surface area contributed by atoms with Crippen LogP contribution in [0.5, 0.6) is 0 Å². The van der Waals surface area contributed by atoms with Gasteiger partial charge in [0.05, 0.1) is 4.90 Å². The molecule has 3 N–H and O–H groups in total. The molecule has 0 heterocycles. The van der Waals surface area contributed by atoms with Gasteiger partial charge in [-0.1, -0.05) is 19.9 Å². The quantitative estimate of drug-likeness (QED) is 0.898. The second-order valence-electron chi connectivity index (χ2n) is 6.97. The first-order chi connectivity index (χ1) is 9.64. The van der Waals surface area contributed by atoms with Gasteiger partial charge in [-0.15, -0.1) is 0 Å². The summed E-state index contributed by atoms with van der Waals surface area (Å²) < 4.78 is 28.3. The maximum absolute atomic E-state index is 12.7. The van der Waals surface area contributed by atoms with Gasteiger partial charge in [0.15, 0.2) is 0 Å². The lowest BCUT2D eigenvalue weighted by Crippen LogP contribution is -2.34. The Labute approximate surface area is 128 Å². The third kappa shape index (κ3) is 3.65. The highest BCUT2D eigenvalue weighted by Gasteiger charge is 2.34. The van der Waals surface area contributed by atoms with Gasteiger partial charge in [-0.2, -0.15) is 0 Å². The van der Waals surface area contributed by atoms with Gasteiger partial charge in [-0.05, 0) is 61.3 Å². The van der Waals surface area contributed by atoms with E-state index in [0.29, 0.717) is 11.4 Å². The highest BCUT2D eigenvalue weighted by atomic mass is 32.2. The number of nitrogens with one attached hydrogen (secondary N) is 1. The number of rotatable bonds is 4. The van der Waals surface area contributed by atoms with E-state index in [1.165, 1.54) is 0 Å². The van der Waals surface area contributed by atoms with E-state index < -0.39 is 10.0 Å². The van der Waals surface area contributed by atoms with Crippen molar-refractivity contribution in [3.63, 3.8) is 0 Å². The lowest BCUT2D eigenvalue weighted by Gasteiger charge is -2.19. The fourth-order valence-electron chi connectivity index (χ4n) is 3.12. The zero-order valence-electron chi connectivity index (χ0n) is 13.4. The van der Waals surface area contributed by atoms with E-state index in [0.717, 1.165) is 36.0 Å². The monoisotopic (exact) mass is 310 g/mol. The van der Waals surface area contributed by atoms with Crippen LogP contribution in [0.1, 0.15) is 49.8 Å². The van der Waals surface area contributed by atoms with Crippen molar-refractivity contribution < 1.29 is 8.42 Å². The van der Waals surface area contributed by atoms with Gasteiger partial charge < -0.3 is 5.73 Å². The Hall–Kier alpha value is -0.910. The highest BCUT2D eigenvalue weighted by molar-refractivity contribution is 7.89. The van der Waals surface area contributed by atoms with E-state index in [2.05, 4.69) is 18.6 Å². The topological polar surface area (TPSA) is 72.2 Å². The molecule has 0 bridgehead atoms. The third-order valence-electron chi connectivity index (χ3n) is 4.50. The SMILES string of the molecule is Cc1cc(CN)cc(S(=O)(=O)NC2CCC(C)(C)C2)c1C. The number of hydrogen-bond acceptors (Lipinski definition) is 3. The summed E-state index contributed by atoms with van der Waals surface area (Å²) in [6.45, 7) is 8.49. The van der Waals surface area contributed by atoms with E-state index in [-0.39, 0.29) is 11.5 Å². The molecule has 118 valence electrons. The van der Waals surface area contributed by atoms with Gasteiger partial charge in [0.2, 0.25) is 10.0 Å². The van der Waals surface area contributed by atoms with Crippen molar-refractivity contribution in [1.82, 2.24) is 4.72 Å². The molecular formula is C16H26N2O2S. The Balaban J connectivity index is 2.30. The predicted molar refractivity (Wildman–Crippen MR) is 85.5 cm³/mol. The number of benzene rings is 1. The van der Waals surface area contributed by atoms with Crippen molar-refractivity contribution in [2.24, 2.45) is 11.1 Å². The summed E-state index contributed by atoms with van der Waals surface area (Å²) in [7, 11) is -3.49. The van der Waals surface area contributed by atoms with E-state index in [9.17, 15) is 8.42 Å². The summed E-state index contributed by atoms with van der Waals surface area (Å²) in [4.78, 5) is 0.368. The van der Waals surface area contributed by atoms with Gasteiger partial charge in [0, 0.05) is 12.6 Å². The lowest BCUT2D eigenvalue weighted by atomic mass is 9.92. The van der Waals surface area contributed by atoms with E-state index >= 15 is 0 Å². The highest BCUT2D eigenvalue weighted by Crippen LogP contribution is 2.37. The molecule has 1 aromatic rings. The molecule has 1 atom stereocenters. The Bertz CT molecular complexity index is 636. The summed E-state index contributed by atoms with van der Waals surface area (Å²) in [5.41, 5.74) is 8.50. The second kappa shape index (κ2) is 5.71. The van der Waals surface area contributed by atoms with Crippen LogP contribution in [0.2, 0.25) is 0 Å². The molecule has 1 aliphatic carbocycles. The zero-order valence-corrected chi connectivity index (χ0v) is 14.2. The van der Waals surface area contributed by atoms with Gasteiger partial charge in [0.25, 0.3) is 0 Å². The molecule has 1 saturated carbocycles. The average Bonchev–Trinajstić information content (AvgIpc) is 2.70. The minimum Gasteiger partial charge on any atom is -0.326 e. The van der Waals surface area contributed by atoms with Crippen molar-refractivity contribution in [3.8, 4) is 0 Å². The molecule has 1 fully saturated rings. The van der Waals surface area contributed by atoms with Crippen LogP contribution in [0.4, 0.5) is 0 Å². The van der Waals surface area contributed by atoms with Crippen LogP contribution >= 0.6 is 0 Å². The van der Waals surface area contributed by atoms with Crippen LogP contribution in [0.15, 0.2) is 17.0 Å². The van der Waals surface area contributed by atoms with Gasteiger partial charge in [-0.3, -0.25) is 0 Å². The van der Waals surface area contributed by atoms with Crippen LogP contribution in [-0.2, 0) is 16.6 Å². The molecule has 0 aliphatic heterocycles.